The van der Waals surface area contributed by atoms with Crippen molar-refractivity contribution in [2.45, 2.75) is 13.0 Å². The molecule has 0 aliphatic rings. The number of rotatable bonds is 2. The maximum Gasteiger partial charge on any atom is 0.251 e. The van der Waals surface area contributed by atoms with Gasteiger partial charge in [-0.2, -0.15) is 0 Å². The van der Waals surface area contributed by atoms with E-state index in [2.05, 4.69) is 20.9 Å². The van der Waals surface area contributed by atoms with Gasteiger partial charge >= 0.3 is 0 Å². The zero-order valence-electron chi connectivity index (χ0n) is 9.18. The molecule has 1 aromatic heterocycles. The van der Waals surface area contributed by atoms with Gasteiger partial charge in [0.25, 0.3) is 5.56 Å². The summed E-state index contributed by atoms with van der Waals surface area (Å²) < 4.78 is 3.32. The molecule has 0 aliphatic carbocycles. The predicted molar refractivity (Wildman–Crippen MR) is 73.8 cm³/mol. The molecule has 0 saturated heterocycles. The molecule has 1 heterocycles. The maximum atomic E-state index is 11.1. The Labute approximate surface area is 112 Å². The van der Waals surface area contributed by atoms with Gasteiger partial charge in [0.15, 0.2) is 4.77 Å². The van der Waals surface area contributed by atoms with Gasteiger partial charge in [0.1, 0.15) is 0 Å². The van der Waals surface area contributed by atoms with Gasteiger partial charge in [0.05, 0.1) is 6.04 Å². The van der Waals surface area contributed by atoms with Crippen molar-refractivity contribution < 1.29 is 0 Å². The summed E-state index contributed by atoms with van der Waals surface area (Å²) in [5.74, 6) is 0. The van der Waals surface area contributed by atoms with Gasteiger partial charge in [-0.3, -0.25) is 9.78 Å². The minimum atomic E-state index is -0.173. The third kappa shape index (κ3) is 2.73. The quantitative estimate of drug-likeness (QED) is 0.864. The van der Waals surface area contributed by atoms with Gasteiger partial charge in [-0.1, -0.05) is 28.1 Å². The largest absolute Gasteiger partial charge is 0.318 e. The number of H-pyrrole nitrogens is 1. The fraction of sp³-hybridized carbons (Fsp3) is 0.167. The summed E-state index contributed by atoms with van der Waals surface area (Å²) in [7, 11) is 0. The molecule has 0 spiro atoms. The van der Waals surface area contributed by atoms with Crippen molar-refractivity contribution >= 4 is 28.1 Å². The molecule has 1 aromatic carbocycles. The molecule has 1 unspecified atom stereocenters. The molecule has 0 amide bonds. The second-order valence-corrected chi connectivity index (χ2v) is 5.05. The molecular formula is C12H11BrN2OS. The van der Waals surface area contributed by atoms with E-state index in [1.54, 1.807) is 6.20 Å². The molecule has 1 atom stereocenters. The Bertz CT molecular complexity index is 647. The highest BCUT2D eigenvalue weighted by Gasteiger charge is 2.08. The van der Waals surface area contributed by atoms with Gasteiger partial charge in [-0.25, -0.2) is 0 Å². The predicted octanol–water partition coefficient (Wildman–Crippen LogP) is 3.28. The van der Waals surface area contributed by atoms with Crippen LogP contribution in [0.2, 0.25) is 0 Å². The molecule has 88 valence electrons. The van der Waals surface area contributed by atoms with Crippen LogP contribution in [0.4, 0.5) is 0 Å². The van der Waals surface area contributed by atoms with Gasteiger partial charge in [-0.05, 0) is 36.8 Å². The fourth-order valence-electron chi connectivity index (χ4n) is 1.66. The van der Waals surface area contributed by atoms with Crippen molar-refractivity contribution in [1.29, 1.82) is 0 Å². The smallest absolute Gasteiger partial charge is 0.251 e. The second-order valence-electron chi connectivity index (χ2n) is 3.75. The van der Waals surface area contributed by atoms with Gasteiger partial charge in [0.2, 0.25) is 0 Å². The average Bonchev–Trinajstić information content (AvgIpc) is 2.28. The van der Waals surface area contributed by atoms with Crippen LogP contribution >= 0.6 is 28.1 Å². The number of hydrogen-bond donors (Lipinski definition) is 1. The van der Waals surface area contributed by atoms with Crippen LogP contribution in [0.25, 0.3) is 0 Å². The van der Waals surface area contributed by atoms with Gasteiger partial charge in [0, 0.05) is 16.7 Å². The molecule has 0 radical (unpaired) electrons. The van der Waals surface area contributed by atoms with Crippen LogP contribution in [-0.4, -0.2) is 9.55 Å². The van der Waals surface area contributed by atoms with Crippen molar-refractivity contribution in [3.8, 4) is 0 Å². The Balaban J connectivity index is 2.47. The first-order valence-corrected chi connectivity index (χ1v) is 6.35. The van der Waals surface area contributed by atoms with E-state index in [0.29, 0.717) is 4.77 Å². The summed E-state index contributed by atoms with van der Waals surface area (Å²) in [5.41, 5.74) is 0.954. The highest BCUT2D eigenvalue weighted by Crippen LogP contribution is 2.20. The van der Waals surface area contributed by atoms with Crippen molar-refractivity contribution in [1.82, 2.24) is 9.55 Å². The van der Waals surface area contributed by atoms with Crippen LogP contribution in [0, 0.1) is 4.77 Å². The lowest BCUT2D eigenvalue weighted by Gasteiger charge is -2.16. The molecule has 0 aliphatic heterocycles. The third-order valence-corrected chi connectivity index (χ3v) is 3.41. The maximum absolute atomic E-state index is 11.1. The zero-order valence-corrected chi connectivity index (χ0v) is 11.6. The molecule has 3 nitrogen and oxygen atoms in total. The number of nitrogens with zero attached hydrogens (tertiary/aromatic N) is 1. The normalized spacial score (nSPS) is 12.4. The molecule has 2 rings (SSSR count). The summed E-state index contributed by atoms with van der Waals surface area (Å²) in [6.07, 6.45) is 1.72. The van der Waals surface area contributed by atoms with E-state index >= 15 is 0 Å². The highest BCUT2D eigenvalue weighted by molar-refractivity contribution is 9.10. The van der Waals surface area contributed by atoms with Crippen LogP contribution in [0.3, 0.4) is 0 Å². The number of nitrogens with one attached hydrogen (secondary N) is 1. The monoisotopic (exact) mass is 310 g/mol. The topological polar surface area (TPSA) is 37.8 Å². The highest BCUT2D eigenvalue weighted by atomic mass is 79.9. The van der Waals surface area contributed by atoms with E-state index in [0.717, 1.165) is 10.0 Å². The summed E-state index contributed by atoms with van der Waals surface area (Å²) in [5, 5.41) is 0. The van der Waals surface area contributed by atoms with E-state index in [1.807, 2.05) is 35.8 Å². The Kier molecular flexibility index (Phi) is 3.59. The number of benzene rings is 1. The van der Waals surface area contributed by atoms with E-state index in [1.165, 1.54) is 6.07 Å². The number of halogens is 1. The van der Waals surface area contributed by atoms with Crippen LogP contribution in [0.5, 0.6) is 0 Å². The third-order valence-electron chi connectivity index (χ3n) is 2.60. The van der Waals surface area contributed by atoms with E-state index in [-0.39, 0.29) is 11.6 Å². The Morgan fingerprint density at radius 3 is 2.82 bits per heavy atom. The first kappa shape index (κ1) is 12.3. The first-order valence-electron chi connectivity index (χ1n) is 5.15. The molecule has 17 heavy (non-hydrogen) atoms. The lowest BCUT2D eigenvalue weighted by molar-refractivity contribution is 0.609. The Morgan fingerprint density at radius 2 is 2.18 bits per heavy atom. The van der Waals surface area contributed by atoms with Crippen LogP contribution < -0.4 is 5.56 Å². The standard InChI is InChI=1S/C12H11BrN2OS/c1-8(9-3-2-4-10(13)7-9)15-6-5-11(16)14-12(15)17/h2-8H,1H3,(H,14,16,17). The van der Waals surface area contributed by atoms with E-state index in [9.17, 15) is 4.79 Å². The lowest BCUT2D eigenvalue weighted by atomic mass is 10.1. The van der Waals surface area contributed by atoms with Crippen LogP contribution in [0.15, 0.2) is 45.8 Å². The van der Waals surface area contributed by atoms with E-state index in [4.69, 9.17) is 12.2 Å². The Hall–Kier alpha value is -1.20. The molecule has 0 fully saturated rings. The fourth-order valence-corrected chi connectivity index (χ4v) is 2.40. The SMILES string of the molecule is CC(c1cccc(Br)c1)n1ccc(=O)[nH]c1=S. The molecular weight excluding hydrogens is 300 g/mol. The summed E-state index contributed by atoms with van der Waals surface area (Å²) in [4.78, 5) is 13.7. The van der Waals surface area contributed by atoms with Crippen molar-refractivity contribution in [3.63, 3.8) is 0 Å². The minimum Gasteiger partial charge on any atom is -0.318 e. The van der Waals surface area contributed by atoms with E-state index < -0.39 is 0 Å². The van der Waals surface area contributed by atoms with Crippen LogP contribution in [0.1, 0.15) is 18.5 Å². The molecule has 1 N–H and O–H groups in total. The van der Waals surface area contributed by atoms with Crippen molar-refractivity contribution in [3.05, 3.63) is 61.7 Å². The molecule has 5 heteroatoms. The lowest BCUT2D eigenvalue weighted by Crippen LogP contribution is -2.15. The first-order chi connectivity index (χ1) is 8.08. The summed E-state index contributed by atoms with van der Waals surface area (Å²) in [6, 6.07) is 9.58. The zero-order chi connectivity index (χ0) is 12.4. The average molecular weight is 311 g/mol. The molecule has 0 bridgehead atoms. The van der Waals surface area contributed by atoms with Gasteiger partial charge in [-0.15, -0.1) is 0 Å². The van der Waals surface area contributed by atoms with Crippen molar-refractivity contribution in [2.75, 3.05) is 0 Å². The second kappa shape index (κ2) is 4.98. The number of aromatic nitrogens is 2. The van der Waals surface area contributed by atoms with Crippen LogP contribution in [-0.2, 0) is 0 Å². The molecule has 0 saturated carbocycles. The summed E-state index contributed by atoms with van der Waals surface area (Å²) in [6.45, 7) is 2.04. The van der Waals surface area contributed by atoms with Crippen molar-refractivity contribution in [2.24, 2.45) is 0 Å². The summed E-state index contributed by atoms with van der Waals surface area (Å²) >= 11 is 8.58. The molecule has 2 aromatic rings. The number of aromatic amines is 1. The van der Waals surface area contributed by atoms with Gasteiger partial charge < -0.3 is 4.57 Å². The number of hydrogen-bond acceptors (Lipinski definition) is 2. The Morgan fingerprint density at radius 1 is 1.41 bits per heavy atom. The minimum absolute atomic E-state index is 0.0804.